The zero-order valence-electron chi connectivity index (χ0n) is 14.3. The molecule has 0 fully saturated rings. The van der Waals surface area contributed by atoms with Gasteiger partial charge in [0.2, 0.25) is 0 Å². The first-order valence-electron chi connectivity index (χ1n) is 8.05. The van der Waals surface area contributed by atoms with Crippen LogP contribution in [0.4, 0.5) is 10.5 Å². The van der Waals surface area contributed by atoms with Gasteiger partial charge in [0.25, 0.3) is 0 Å². The zero-order valence-corrected chi connectivity index (χ0v) is 15.1. The summed E-state index contributed by atoms with van der Waals surface area (Å²) in [6, 6.07) is 10.9. The fourth-order valence-corrected chi connectivity index (χ4v) is 2.52. The predicted molar refractivity (Wildman–Crippen MR) is 96.3 cm³/mol. The molecule has 5 nitrogen and oxygen atoms in total. The molecule has 2 amide bonds. The van der Waals surface area contributed by atoms with Gasteiger partial charge in [-0.1, -0.05) is 11.6 Å². The number of hydrogen-bond donors (Lipinski definition) is 2. The Bertz CT molecular complexity index is 646. The van der Waals surface area contributed by atoms with Gasteiger partial charge in [-0.2, -0.15) is 0 Å². The van der Waals surface area contributed by atoms with Crippen molar-refractivity contribution in [2.24, 2.45) is 0 Å². The number of anilines is 1. The number of hydrogen-bond acceptors (Lipinski definition) is 1. The molecule has 0 spiro atoms. The van der Waals surface area contributed by atoms with Gasteiger partial charge in [0.05, 0.1) is 33.2 Å². The number of quaternary nitrogens is 1. The smallest absolute Gasteiger partial charge is 0.322 e. The lowest BCUT2D eigenvalue weighted by atomic mass is 10.1. The van der Waals surface area contributed by atoms with Gasteiger partial charge in [-0.15, -0.1) is 0 Å². The number of likely N-dealkylation sites (N-methyl/N-ethyl adjacent to an activating group) is 1. The molecule has 1 aromatic heterocycles. The number of aromatic nitrogens is 1. The number of halogens is 1. The highest BCUT2D eigenvalue weighted by Crippen LogP contribution is 2.20. The standard InChI is InChI=1S/C18H23ClN4O/c1-14(15-5-4-10-20-13-15)23(12-11-22(2)3)18(24)21-17-8-6-16(19)7-9-17/h4-10,13-14H,11-12H2,1-3H3,(H,21,24)/p+2. The summed E-state index contributed by atoms with van der Waals surface area (Å²) in [5, 5.41) is 3.60. The van der Waals surface area contributed by atoms with E-state index in [1.54, 1.807) is 24.3 Å². The molecule has 1 atom stereocenters. The quantitative estimate of drug-likeness (QED) is 0.823. The van der Waals surface area contributed by atoms with E-state index in [1.807, 2.05) is 36.4 Å². The number of urea groups is 1. The third-order valence-electron chi connectivity index (χ3n) is 3.89. The van der Waals surface area contributed by atoms with Crippen molar-refractivity contribution in [1.29, 1.82) is 0 Å². The van der Waals surface area contributed by atoms with Crippen LogP contribution in [0.2, 0.25) is 5.02 Å². The van der Waals surface area contributed by atoms with Crippen molar-refractivity contribution >= 4 is 23.3 Å². The topological polar surface area (TPSA) is 50.9 Å². The van der Waals surface area contributed by atoms with Gasteiger partial charge < -0.3 is 15.1 Å². The van der Waals surface area contributed by atoms with Crippen molar-refractivity contribution in [2.45, 2.75) is 13.0 Å². The zero-order chi connectivity index (χ0) is 17.5. The number of nitrogens with one attached hydrogen (secondary N) is 3. The van der Waals surface area contributed by atoms with Gasteiger partial charge in [0.15, 0.2) is 12.4 Å². The lowest BCUT2D eigenvalue weighted by molar-refractivity contribution is -0.857. The molecule has 3 N–H and O–H groups in total. The predicted octanol–water partition coefficient (Wildman–Crippen LogP) is 1.89. The van der Waals surface area contributed by atoms with Crippen LogP contribution in [-0.2, 0) is 0 Å². The third-order valence-corrected chi connectivity index (χ3v) is 4.14. The number of H-pyrrole nitrogens is 1. The first kappa shape index (κ1) is 18.2. The van der Waals surface area contributed by atoms with Crippen LogP contribution in [0.5, 0.6) is 0 Å². The van der Waals surface area contributed by atoms with Crippen LogP contribution < -0.4 is 15.2 Å². The SMILES string of the molecule is CC(c1ccc[nH+]c1)N(CC[NH+](C)C)C(=O)Nc1ccc(Cl)cc1. The lowest BCUT2D eigenvalue weighted by Crippen LogP contribution is -3.06. The first-order chi connectivity index (χ1) is 11.5. The van der Waals surface area contributed by atoms with E-state index in [0.717, 1.165) is 17.8 Å². The van der Waals surface area contributed by atoms with Crippen LogP contribution in [0.3, 0.4) is 0 Å². The van der Waals surface area contributed by atoms with Crippen LogP contribution in [-0.4, -0.2) is 38.1 Å². The van der Waals surface area contributed by atoms with Gasteiger partial charge in [-0.3, -0.25) is 0 Å². The maximum absolute atomic E-state index is 12.8. The summed E-state index contributed by atoms with van der Waals surface area (Å²) in [5.41, 5.74) is 1.80. The Kier molecular flexibility index (Phi) is 6.58. The molecular weight excluding hydrogens is 324 g/mol. The molecule has 0 bridgehead atoms. The molecule has 0 saturated heterocycles. The van der Waals surface area contributed by atoms with Crippen LogP contribution in [0.15, 0.2) is 48.8 Å². The number of carbonyl (C=O) groups excluding carboxylic acids is 1. The Balaban J connectivity index is 2.14. The lowest BCUT2D eigenvalue weighted by Gasteiger charge is -2.29. The Morgan fingerprint density at radius 1 is 1.29 bits per heavy atom. The molecule has 0 radical (unpaired) electrons. The molecule has 24 heavy (non-hydrogen) atoms. The van der Waals surface area contributed by atoms with Crippen molar-refractivity contribution in [3.63, 3.8) is 0 Å². The number of aromatic amines is 1. The van der Waals surface area contributed by atoms with Gasteiger partial charge >= 0.3 is 6.03 Å². The highest BCUT2D eigenvalue weighted by atomic mass is 35.5. The minimum atomic E-state index is -0.116. The van der Waals surface area contributed by atoms with Crippen molar-refractivity contribution in [3.8, 4) is 0 Å². The average molecular weight is 349 g/mol. The Labute approximate surface area is 148 Å². The molecule has 2 aromatic rings. The van der Waals surface area contributed by atoms with Crippen molar-refractivity contribution < 1.29 is 14.7 Å². The maximum Gasteiger partial charge on any atom is 0.322 e. The van der Waals surface area contributed by atoms with E-state index in [9.17, 15) is 4.79 Å². The van der Waals surface area contributed by atoms with E-state index in [1.165, 1.54) is 4.90 Å². The average Bonchev–Trinajstić information content (AvgIpc) is 2.57. The highest BCUT2D eigenvalue weighted by molar-refractivity contribution is 6.30. The molecule has 2 rings (SSSR count). The number of amides is 2. The number of rotatable bonds is 6. The molecule has 0 saturated carbocycles. The van der Waals surface area contributed by atoms with Crippen molar-refractivity contribution in [2.75, 3.05) is 32.5 Å². The van der Waals surface area contributed by atoms with Gasteiger partial charge in [-0.25, -0.2) is 9.78 Å². The van der Waals surface area contributed by atoms with E-state index in [4.69, 9.17) is 11.6 Å². The second kappa shape index (κ2) is 8.66. The normalized spacial score (nSPS) is 12.0. The molecule has 0 aliphatic rings. The third kappa shape index (κ3) is 5.22. The van der Waals surface area contributed by atoms with Crippen LogP contribution >= 0.6 is 11.6 Å². The summed E-state index contributed by atoms with van der Waals surface area (Å²) < 4.78 is 0. The molecule has 0 aliphatic carbocycles. The Morgan fingerprint density at radius 3 is 2.58 bits per heavy atom. The van der Waals surface area contributed by atoms with E-state index >= 15 is 0 Å². The summed E-state index contributed by atoms with van der Waals surface area (Å²) >= 11 is 5.90. The largest absolute Gasteiger partial charge is 0.338 e. The minimum Gasteiger partial charge on any atom is -0.338 e. The number of carbonyl (C=O) groups is 1. The highest BCUT2D eigenvalue weighted by Gasteiger charge is 2.23. The summed E-state index contributed by atoms with van der Waals surface area (Å²) in [5.74, 6) is 0. The summed E-state index contributed by atoms with van der Waals surface area (Å²) in [4.78, 5) is 19.0. The maximum atomic E-state index is 12.8. The van der Waals surface area contributed by atoms with Crippen LogP contribution in [0, 0.1) is 0 Å². The summed E-state index contributed by atoms with van der Waals surface area (Å²) in [7, 11) is 4.16. The van der Waals surface area contributed by atoms with Gasteiger partial charge in [0, 0.05) is 22.3 Å². The second-order valence-electron chi connectivity index (χ2n) is 6.10. The monoisotopic (exact) mass is 348 g/mol. The minimum absolute atomic E-state index is 0.0332. The van der Waals surface area contributed by atoms with Crippen LogP contribution in [0.25, 0.3) is 0 Å². The van der Waals surface area contributed by atoms with Crippen molar-refractivity contribution in [3.05, 3.63) is 59.4 Å². The van der Waals surface area contributed by atoms with Crippen LogP contribution in [0.1, 0.15) is 18.5 Å². The number of benzene rings is 1. The van der Waals surface area contributed by atoms with E-state index < -0.39 is 0 Å². The van der Waals surface area contributed by atoms with E-state index in [0.29, 0.717) is 11.6 Å². The molecule has 1 aromatic carbocycles. The summed E-state index contributed by atoms with van der Waals surface area (Å²) in [6.45, 7) is 3.57. The van der Waals surface area contributed by atoms with E-state index in [-0.39, 0.29) is 12.1 Å². The molecule has 0 aliphatic heterocycles. The molecule has 128 valence electrons. The Hall–Kier alpha value is -2.11. The second-order valence-corrected chi connectivity index (χ2v) is 6.54. The molecule has 1 heterocycles. The number of pyridine rings is 1. The van der Waals surface area contributed by atoms with Crippen molar-refractivity contribution in [1.82, 2.24) is 4.90 Å². The molecule has 6 heteroatoms. The molecule has 1 unspecified atom stereocenters. The van der Waals surface area contributed by atoms with Gasteiger partial charge in [0.1, 0.15) is 0 Å². The Morgan fingerprint density at radius 2 is 2.00 bits per heavy atom. The fourth-order valence-electron chi connectivity index (χ4n) is 2.39. The summed E-state index contributed by atoms with van der Waals surface area (Å²) in [6.07, 6.45) is 3.79. The van der Waals surface area contributed by atoms with E-state index in [2.05, 4.69) is 24.4 Å². The number of nitrogens with zero attached hydrogens (tertiary/aromatic N) is 1. The van der Waals surface area contributed by atoms with Gasteiger partial charge in [-0.05, 0) is 37.3 Å². The first-order valence-corrected chi connectivity index (χ1v) is 8.43. The molecular formula is C18H25ClN4O+2. The fraction of sp³-hybridized carbons (Fsp3) is 0.333.